The summed E-state index contributed by atoms with van der Waals surface area (Å²) in [6.45, 7) is 16.7. The number of allylic oxidation sites excluding steroid dienone is 1. The lowest BCUT2D eigenvalue weighted by Crippen LogP contribution is -2.55. The van der Waals surface area contributed by atoms with Crippen molar-refractivity contribution in [1.82, 2.24) is 14.7 Å². The van der Waals surface area contributed by atoms with Crippen LogP contribution in [0.4, 0.5) is 0 Å². The standard InChI is InChI=1S/C36H63N3O9/c1-3-5-10-31(28-36(42)48-25-16-37-14-21-43-22-15-37)11-8-7-9-13-35(41)47-27-20-39-18-24-45-33(30-39)32-29-38(17-23-44-32)19-26-46-34(40)12-6-4-2/h4,31-33H,2-3,5-30H2,1H3. The predicted octanol–water partition coefficient (Wildman–Crippen LogP) is 3.46. The number of unbranched alkanes of at least 4 members (excludes halogenated alkanes) is 3. The molecular weight excluding hydrogens is 618 g/mol. The van der Waals surface area contributed by atoms with Crippen molar-refractivity contribution in [2.75, 3.05) is 105 Å². The molecule has 0 aromatic heterocycles. The maximum absolute atomic E-state index is 12.5. The molecule has 3 heterocycles. The van der Waals surface area contributed by atoms with Crippen molar-refractivity contribution in [2.24, 2.45) is 5.92 Å². The van der Waals surface area contributed by atoms with E-state index in [-0.39, 0.29) is 30.1 Å². The molecule has 276 valence electrons. The van der Waals surface area contributed by atoms with Crippen LogP contribution in [0.2, 0.25) is 0 Å². The summed E-state index contributed by atoms with van der Waals surface area (Å²) in [6.07, 6.45) is 10.5. The second-order valence-electron chi connectivity index (χ2n) is 13.2. The van der Waals surface area contributed by atoms with Crippen molar-refractivity contribution in [3.63, 3.8) is 0 Å². The summed E-state index contributed by atoms with van der Waals surface area (Å²) < 4.78 is 33.9. The number of carbonyl (C=O) groups excluding carboxylic acids is 3. The molecule has 3 aliphatic heterocycles. The van der Waals surface area contributed by atoms with Crippen molar-refractivity contribution >= 4 is 17.9 Å². The largest absolute Gasteiger partial charge is 0.464 e. The van der Waals surface area contributed by atoms with Crippen molar-refractivity contribution in [1.29, 1.82) is 0 Å². The van der Waals surface area contributed by atoms with E-state index in [0.717, 1.165) is 104 Å². The molecule has 0 aliphatic carbocycles. The third-order valence-electron chi connectivity index (χ3n) is 9.35. The van der Waals surface area contributed by atoms with Gasteiger partial charge in [0, 0.05) is 78.2 Å². The van der Waals surface area contributed by atoms with Gasteiger partial charge in [-0.1, -0.05) is 38.7 Å². The van der Waals surface area contributed by atoms with E-state index in [9.17, 15) is 14.4 Å². The number of esters is 3. The van der Waals surface area contributed by atoms with Gasteiger partial charge in [0.15, 0.2) is 0 Å². The van der Waals surface area contributed by atoms with Crippen LogP contribution in [0.25, 0.3) is 0 Å². The molecule has 12 nitrogen and oxygen atoms in total. The zero-order valence-corrected chi connectivity index (χ0v) is 29.6. The minimum Gasteiger partial charge on any atom is -0.464 e. The fourth-order valence-electron chi connectivity index (χ4n) is 6.39. The van der Waals surface area contributed by atoms with Gasteiger partial charge in [-0.05, 0) is 31.6 Å². The SMILES string of the molecule is C=CCCC(=O)OCCN1CCOC(C2CN(CCOC(=O)CCCCCC(CCCC)CC(=O)OCCN3CCOCC3)CCO2)C1. The van der Waals surface area contributed by atoms with E-state index in [1.54, 1.807) is 6.08 Å². The van der Waals surface area contributed by atoms with Gasteiger partial charge in [0.2, 0.25) is 0 Å². The molecule has 3 unspecified atom stereocenters. The predicted molar refractivity (Wildman–Crippen MR) is 183 cm³/mol. The third kappa shape index (κ3) is 17.5. The first-order valence-electron chi connectivity index (χ1n) is 18.5. The number of morpholine rings is 3. The molecule has 48 heavy (non-hydrogen) atoms. The van der Waals surface area contributed by atoms with Gasteiger partial charge in [0.1, 0.15) is 19.8 Å². The molecule has 3 aliphatic rings. The number of rotatable bonds is 24. The molecular formula is C36H63N3O9. The van der Waals surface area contributed by atoms with E-state index < -0.39 is 0 Å². The van der Waals surface area contributed by atoms with Crippen LogP contribution in [0.1, 0.15) is 77.6 Å². The highest BCUT2D eigenvalue weighted by molar-refractivity contribution is 5.70. The van der Waals surface area contributed by atoms with Crippen LogP contribution in [0.5, 0.6) is 0 Å². The summed E-state index contributed by atoms with van der Waals surface area (Å²) >= 11 is 0. The Hall–Kier alpha value is -2.09. The first kappa shape index (κ1) is 40.3. The average Bonchev–Trinajstić information content (AvgIpc) is 3.10. The smallest absolute Gasteiger partial charge is 0.306 e. The fraction of sp³-hybridized carbons (Fsp3) is 0.861. The van der Waals surface area contributed by atoms with E-state index in [1.807, 2.05) is 0 Å². The Morgan fingerprint density at radius 2 is 1.25 bits per heavy atom. The molecule has 0 saturated carbocycles. The van der Waals surface area contributed by atoms with Crippen LogP contribution < -0.4 is 0 Å². The van der Waals surface area contributed by atoms with Crippen LogP contribution >= 0.6 is 0 Å². The lowest BCUT2D eigenvalue weighted by atomic mass is 9.92. The summed E-state index contributed by atoms with van der Waals surface area (Å²) in [7, 11) is 0. The highest BCUT2D eigenvalue weighted by Crippen LogP contribution is 2.22. The van der Waals surface area contributed by atoms with E-state index in [0.29, 0.717) is 77.7 Å². The Kier molecular flexibility index (Phi) is 21.0. The molecule has 3 rings (SSSR count). The van der Waals surface area contributed by atoms with Crippen LogP contribution in [0.15, 0.2) is 12.7 Å². The maximum Gasteiger partial charge on any atom is 0.306 e. The second-order valence-corrected chi connectivity index (χ2v) is 13.2. The zero-order chi connectivity index (χ0) is 34.2. The Bertz CT molecular complexity index is 917. The summed E-state index contributed by atoms with van der Waals surface area (Å²) in [5.74, 6) is -0.0982. The molecule has 0 amide bonds. The van der Waals surface area contributed by atoms with Crippen molar-refractivity contribution in [3.05, 3.63) is 12.7 Å². The average molecular weight is 682 g/mol. The van der Waals surface area contributed by atoms with E-state index in [2.05, 4.69) is 28.2 Å². The monoisotopic (exact) mass is 681 g/mol. The van der Waals surface area contributed by atoms with E-state index in [4.69, 9.17) is 28.4 Å². The highest BCUT2D eigenvalue weighted by atomic mass is 16.6. The topological polar surface area (TPSA) is 116 Å². The maximum atomic E-state index is 12.5. The van der Waals surface area contributed by atoms with Crippen molar-refractivity contribution in [2.45, 2.75) is 89.8 Å². The first-order valence-corrected chi connectivity index (χ1v) is 18.5. The number of hydrogen-bond acceptors (Lipinski definition) is 12. The number of carbonyl (C=O) groups is 3. The number of ether oxygens (including phenoxy) is 6. The fourth-order valence-corrected chi connectivity index (χ4v) is 6.39. The van der Waals surface area contributed by atoms with E-state index >= 15 is 0 Å². The molecule has 0 radical (unpaired) electrons. The molecule has 3 atom stereocenters. The summed E-state index contributed by atoms with van der Waals surface area (Å²) in [6, 6.07) is 0. The number of nitrogens with zero attached hydrogens (tertiary/aromatic N) is 3. The van der Waals surface area contributed by atoms with Gasteiger partial charge in [0.25, 0.3) is 0 Å². The minimum absolute atomic E-state index is 0.0480. The molecule has 0 aromatic carbocycles. The summed E-state index contributed by atoms with van der Waals surface area (Å²) in [4.78, 5) is 43.4. The van der Waals surface area contributed by atoms with Gasteiger partial charge >= 0.3 is 17.9 Å². The molecule has 0 aromatic rings. The minimum atomic E-state index is -0.190. The number of hydrogen-bond donors (Lipinski definition) is 0. The second kappa shape index (κ2) is 25.0. The molecule has 0 N–H and O–H groups in total. The molecule has 3 saturated heterocycles. The Morgan fingerprint density at radius 3 is 1.85 bits per heavy atom. The van der Waals surface area contributed by atoms with Crippen LogP contribution in [0.3, 0.4) is 0 Å². The van der Waals surface area contributed by atoms with Gasteiger partial charge in [-0.3, -0.25) is 29.1 Å². The molecule has 0 bridgehead atoms. The van der Waals surface area contributed by atoms with Crippen LogP contribution in [-0.4, -0.2) is 150 Å². The molecule has 12 heteroatoms. The van der Waals surface area contributed by atoms with Gasteiger partial charge < -0.3 is 28.4 Å². The molecule has 3 fully saturated rings. The van der Waals surface area contributed by atoms with Crippen molar-refractivity contribution in [3.8, 4) is 0 Å². The first-order chi connectivity index (χ1) is 23.5. The van der Waals surface area contributed by atoms with Crippen LogP contribution in [0, 0.1) is 5.92 Å². The lowest BCUT2D eigenvalue weighted by Gasteiger charge is -2.41. The highest BCUT2D eigenvalue weighted by Gasteiger charge is 2.32. The van der Waals surface area contributed by atoms with Gasteiger partial charge in [0.05, 0.1) is 38.6 Å². The summed E-state index contributed by atoms with van der Waals surface area (Å²) in [5.41, 5.74) is 0. The molecule has 0 spiro atoms. The van der Waals surface area contributed by atoms with E-state index in [1.165, 1.54) is 0 Å². The van der Waals surface area contributed by atoms with Crippen molar-refractivity contribution < 1.29 is 42.8 Å². The normalized spacial score (nSPS) is 21.8. The Morgan fingerprint density at radius 1 is 0.708 bits per heavy atom. The quantitative estimate of drug-likeness (QED) is 0.0643. The third-order valence-corrected chi connectivity index (χ3v) is 9.35. The van der Waals surface area contributed by atoms with Gasteiger partial charge in [-0.15, -0.1) is 6.58 Å². The zero-order valence-electron chi connectivity index (χ0n) is 29.6. The summed E-state index contributed by atoms with van der Waals surface area (Å²) in [5, 5.41) is 0. The van der Waals surface area contributed by atoms with Gasteiger partial charge in [-0.2, -0.15) is 0 Å². The van der Waals surface area contributed by atoms with Crippen LogP contribution in [-0.2, 0) is 42.8 Å². The Balaban J connectivity index is 1.22. The Labute approximate surface area is 288 Å². The van der Waals surface area contributed by atoms with Gasteiger partial charge in [-0.25, -0.2) is 0 Å². The lowest BCUT2D eigenvalue weighted by molar-refractivity contribution is -0.151.